The van der Waals surface area contributed by atoms with Crippen molar-refractivity contribution in [3.63, 3.8) is 0 Å². The first-order chi connectivity index (χ1) is 35.0. The number of hydrogen-bond donors (Lipinski definition) is 0. The molecule has 0 unspecified atom stereocenters. The average Bonchev–Trinajstić information content (AvgIpc) is 3.37. The van der Waals surface area contributed by atoms with E-state index in [-0.39, 0.29) is 31.1 Å². The van der Waals surface area contributed by atoms with Gasteiger partial charge < -0.3 is 14.2 Å². The molecule has 0 rings (SSSR count). The van der Waals surface area contributed by atoms with Crippen molar-refractivity contribution in [2.24, 2.45) is 0 Å². The van der Waals surface area contributed by atoms with Crippen molar-refractivity contribution in [3.05, 3.63) is 36.5 Å². The Kier molecular flexibility index (Phi) is 58.2. The smallest absolute Gasteiger partial charge is 0.306 e. The van der Waals surface area contributed by atoms with Crippen LogP contribution < -0.4 is 0 Å². The molecule has 0 bridgehead atoms. The number of carbonyl (C=O) groups excluding carboxylic acids is 3. The Balaban J connectivity index is 4.34. The molecule has 0 aromatic rings. The van der Waals surface area contributed by atoms with Crippen LogP contribution in [0.2, 0.25) is 0 Å². The molecule has 0 saturated heterocycles. The number of ether oxygens (including phenoxy) is 3. The lowest BCUT2D eigenvalue weighted by atomic mass is 10.0. The van der Waals surface area contributed by atoms with Gasteiger partial charge in [-0.3, -0.25) is 14.4 Å². The van der Waals surface area contributed by atoms with E-state index in [1.165, 1.54) is 238 Å². The first kappa shape index (κ1) is 68.6. The molecule has 0 fully saturated rings. The van der Waals surface area contributed by atoms with Crippen molar-refractivity contribution in [2.45, 2.75) is 348 Å². The van der Waals surface area contributed by atoms with Gasteiger partial charge in [0.25, 0.3) is 0 Å². The van der Waals surface area contributed by atoms with E-state index >= 15 is 0 Å². The molecule has 0 heterocycles. The zero-order chi connectivity index (χ0) is 51.4. The van der Waals surface area contributed by atoms with E-state index in [0.29, 0.717) is 19.3 Å². The summed E-state index contributed by atoms with van der Waals surface area (Å²) in [6, 6.07) is 0. The molecule has 0 aliphatic heterocycles. The van der Waals surface area contributed by atoms with Gasteiger partial charge in [-0.05, 0) is 77.0 Å². The molecular weight excluding hydrogens is 877 g/mol. The first-order valence-electron chi connectivity index (χ1n) is 31.5. The SMILES string of the molecule is CCCCC/C=C/C/C=C/CCCCCCCCCCCC(=O)OC[C@@H](COC(=O)CCCCCCCCCCCCCCCCCCC)OC(=O)CCCCCCCCC/C=C/CCCCCCCC. The van der Waals surface area contributed by atoms with Gasteiger partial charge in [0.15, 0.2) is 6.10 Å². The quantitative estimate of drug-likeness (QED) is 0.0261. The molecule has 0 aromatic heterocycles. The maximum Gasteiger partial charge on any atom is 0.306 e. The van der Waals surface area contributed by atoms with Gasteiger partial charge in [0.1, 0.15) is 13.2 Å². The number of carbonyl (C=O) groups is 3. The van der Waals surface area contributed by atoms with Crippen LogP contribution in [0.15, 0.2) is 36.5 Å². The lowest BCUT2D eigenvalue weighted by molar-refractivity contribution is -0.167. The van der Waals surface area contributed by atoms with Gasteiger partial charge in [0.05, 0.1) is 0 Å². The van der Waals surface area contributed by atoms with Crippen LogP contribution in [0, 0.1) is 0 Å². The van der Waals surface area contributed by atoms with E-state index in [2.05, 4.69) is 57.2 Å². The van der Waals surface area contributed by atoms with Crippen molar-refractivity contribution in [3.8, 4) is 0 Å². The third kappa shape index (κ3) is 58.4. The minimum atomic E-state index is -0.774. The van der Waals surface area contributed by atoms with E-state index in [4.69, 9.17) is 14.2 Å². The Morgan fingerprint density at radius 1 is 0.282 bits per heavy atom. The summed E-state index contributed by atoms with van der Waals surface area (Å²) in [5.74, 6) is -0.856. The van der Waals surface area contributed by atoms with Crippen molar-refractivity contribution in [1.82, 2.24) is 0 Å². The molecule has 0 aliphatic rings. The fourth-order valence-electron chi connectivity index (χ4n) is 9.35. The van der Waals surface area contributed by atoms with E-state index in [0.717, 1.165) is 64.2 Å². The molecule has 6 heteroatoms. The molecule has 1 atom stereocenters. The fraction of sp³-hybridized carbons (Fsp3) is 0.862. The summed E-state index contributed by atoms with van der Waals surface area (Å²) in [6.07, 6.45) is 72.8. The maximum atomic E-state index is 12.9. The molecule has 0 N–H and O–H groups in total. The first-order valence-corrected chi connectivity index (χ1v) is 31.5. The Bertz CT molecular complexity index is 1190. The Morgan fingerprint density at radius 2 is 0.507 bits per heavy atom. The van der Waals surface area contributed by atoms with Crippen molar-refractivity contribution < 1.29 is 28.6 Å². The summed E-state index contributed by atoms with van der Waals surface area (Å²) < 4.78 is 16.9. The standard InChI is InChI=1S/C65H120O6/c1-4-7-10-13-16-19-22-25-28-31-32-35-37-40-43-46-49-52-55-58-64(67)70-61-62(71-65(68)59-56-53-50-47-44-41-38-34-30-27-24-21-18-15-12-9-6-3)60-69-63(66)57-54-51-48-45-42-39-36-33-29-26-23-20-17-14-11-8-5-2/h16,19,25,27-28,30,62H,4-15,17-18,20-24,26,29,31-61H2,1-3H3/b19-16+,28-25+,30-27+/t62-/m1/s1. The van der Waals surface area contributed by atoms with Crippen LogP contribution in [0.3, 0.4) is 0 Å². The molecule has 0 radical (unpaired) electrons. The number of unbranched alkanes of at least 4 members (excludes halogenated alkanes) is 41. The van der Waals surface area contributed by atoms with Crippen LogP contribution in [-0.4, -0.2) is 37.2 Å². The van der Waals surface area contributed by atoms with Crippen LogP contribution in [-0.2, 0) is 28.6 Å². The number of rotatable bonds is 58. The molecule has 0 saturated carbocycles. The topological polar surface area (TPSA) is 78.9 Å². The Hall–Kier alpha value is -2.37. The van der Waals surface area contributed by atoms with Crippen molar-refractivity contribution in [2.75, 3.05) is 13.2 Å². The predicted octanol–water partition coefficient (Wildman–Crippen LogP) is 21.2. The molecule has 6 nitrogen and oxygen atoms in total. The summed E-state index contributed by atoms with van der Waals surface area (Å²) in [7, 11) is 0. The van der Waals surface area contributed by atoms with Crippen LogP contribution >= 0.6 is 0 Å². The van der Waals surface area contributed by atoms with Crippen molar-refractivity contribution >= 4 is 17.9 Å². The maximum absolute atomic E-state index is 12.9. The normalized spacial score (nSPS) is 12.2. The van der Waals surface area contributed by atoms with Crippen molar-refractivity contribution in [1.29, 1.82) is 0 Å². The van der Waals surface area contributed by atoms with Crippen LogP contribution in [0.25, 0.3) is 0 Å². The van der Waals surface area contributed by atoms with E-state index in [9.17, 15) is 14.4 Å². The van der Waals surface area contributed by atoms with Gasteiger partial charge in [0, 0.05) is 19.3 Å². The highest BCUT2D eigenvalue weighted by molar-refractivity contribution is 5.71. The second-order valence-corrected chi connectivity index (χ2v) is 21.3. The molecule has 71 heavy (non-hydrogen) atoms. The van der Waals surface area contributed by atoms with Gasteiger partial charge in [0.2, 0.25) is 0 Å². The molecule has 0 aromatic carbocycles. The molecule has 0 amide bonds. The second kappa shape index (κ2) is 60.2. The monoisotopic (exact) mass is 997 g/mol. The summed E-state index contributed by atoms with van der Waals surface area (Å²) in [5, 5.41) is 0. The highest BCUT2D eigenvalue weighted by Crippen LogP contribution is 2.17. The van der Waals surface area contributed by atoms with Gasteiger partial charge in [-0.2, -0.15) is 0 Å². The van der Waals surface area contributed by atoms with Gasteiger partial charge >= 0.3 is 17.9 Å². The second-order valence-electron chi connectivity index (χ2n) is 21.3. The summed E-state index contributed by atoms with van der Waals surface area (Å²) >= 11 is 0. The van der Waals surface area contributed by atoms with Gasteiger partial charge in [-0.1, -0.05) is 282 Å². The summed E-state index contributed by atoms with van der Waals surface area (Å²) in [6.45, 7) is 6.66. The highest BCUT2D eigenvalue weighted by atomic mass is 16.6. The largest absolute Gasteiger partial charge is 0.462 e. The average molecular weight is 998 g/mol. The molecule has 0 spiro atoms. The zero-order valence-electron chi connectivity index (χ0n) is 47.8. The van der Waals surface area contributed by atoms with Crippen LogP contribution in [0.5, 0.6) is 0 Å². The number of esters is 3. The molecule has 416 valence electrons. The fourth-order valence-corrected chi connectivity index (χ4v) is 9.35. The van der Waals surface area contributed by atoms with Gasteiger partial charge in [-0.25, -0.2) is 0 Å². The Morgan fingerprint density at radius 3 is 0.817 bits per heavy atom. The molecule has 0 aliphatic carbocycles. The third-order valence-corrected chi connectivity index (χ3v) is 14.1. The minimum Gasteiger partial charge on any atom is -0.462 e. The minimum absolute atomic E-state index is 0.0708. The van der Waals surface area contributed by atoms with Crippen LogP contribution in [0.4, 0.5) is 0 Å². The highest BCUT2D eigenvalue weighted by Gasteiger charge is 2.19. The summed E-state index contributed by atoms with van der Waals surface area (Å²) in [5.41, 5.74) is 0. The lowest BCUT2D eigenvalue weighted by Gasteiger charge is -2.18. The Labute approximate surface area is 442 Å². The van der Waals surface area contributed by atoms with Crippen LogP contribution in [0.1, 0.15) is 342 Å². The number of hydrogen-bond acceptors (Lipinski definition) is 6. The molecular formula is C65H120O6. The van der Waals surface area contributed by atoms with E-state index in [1.54, 1.807) is 0 Å². The van der Waals surface area contributed by atoms with E-state index < -0.39 is 6.10 Å². The lowest BCUT2D eigenvalue weighted by Crippen LogP contribution is -2.30. The summed E-state index contributed by atoms with van der Waals surface area (Å²) in [4.78, 5) is 38.3. The zero-order valence-corrected chi connectivity index (χ0v) is 47.8. The van der Waals surface area contributed by atoms with E-state index in [1.807, 2.05) is 0 Å². The third-order valence-electron chi connectivity index (χ3n) is 14.1. The number of allylic oxidation sites excluding steroid dienone is 6. The predicted molar refractivity (Wildman–Crippen MR) is 307 cm³/mol. The van der Waals surface area contributed by atoms with Gasteiger partial charge in [-0.15, -0.1) is 0 Å².